The highest BCUT2D eigenvalue weighted by molar-refractivity contribution is 5.76. The molecule has 0 radical (unpaired) electrons. The Balaban J connectivity index is 2.61. The zero-order valence-electron chi connectivity index (χ0n) is 9.04. The molecule has 2 rings (SSSR count). The zero-order valence-corrected chi connectivity index (χ0v) is 9.04. The molecule has 0 saturated heterocycles. The van der Waals surface area contributed by atoms with Crippen LogP contribution in [0.15, 0.2) is 36.9 Å². The molecule has 0 aliphatic heterocycles. The molecule has 0 aliphatic carbocycles. The van der Waals surface area contributed by atoms with Gasteiger partial charge >= 0.3 is 6.18 Å². The van der Waals surface area contributed by atoms with E-state index in [4.69, 9.17) is 0 Å². The van der Waals surface area contributed by atoms with Crippen molar-refractivity contribution in [2.24, 2.45) is 0 Å². The summed E-state index contributed by atoms with van der Waals surface area (Å²) >= 11 is 0. The monoisotopic (exact) mass is 240 g/mol. The van der Waals surface area contributed by atoms with Gasteiger partial charge in [-0.1, -0.05) is 18.2 Å². The van der Waals surface area contributed by atoms with Crippen molar-refractivity contribution in [2.75, 3.05) is 0 Å². The van der Waals surface area contributed by atoms with Crippen molar-refractivity contribution < 1.29 is 13.2 Å². The van der Waals surface area contributed by atoms with Crippen molar-refractivity contribution in [2.45, 2.75) is 19.1 Å². The van der Waals surface area contributed by atoms with Gasteiger partial charge in [-0.15, -0.1) is 6.58 Å². The van der Waals surface area contributed by atoms with Crippen LogP contribution in [0, 0.1) is 0 Å². The van der Waals surface area contributed by atoms with Crippen LogP contribution in [0.2, 0.25) is 0 Å². The van der Waals surface area contributed by atoms with Gasteiger partial charge in [0.25, 0.3) is 0 Å². The molecule has 2 nitrogen and oxygen atoms in total. The van der Waals surface area contributed by atoms with Gasteiger partial charge in [0, 0.05) is 6.54 Å². The number of allylic oxidation sites excluding steroid dienone is 1. The number of aryl methyl sites for hydroxylation is 1. The molecule has 2 aromatic rings. The van der Waals surface area contributed by atoms with Crippen LogP contribution in [0.4, 0.5) is 13.2 Å². The van der Waals surface area contributed by atoms with E-state index in [1.807, 2.05) is 0 Å². The molecule has 0 atom stereocenters. The number of para-hydroxylation sites is 2. The van der Waals surface area contributed by atoms with Gasteiger partial charge in [-0.25, -0.2) is 4.98 Å². The lowest BCUT2D eigenvalue weighted by Gasteiger charge is -2.09. The van der Waals surface area contributed by atoms with E-state index in [-0.39, 0.29) is 6.54 Å². The van der Waals surface area contributed by atoms with Crippen LogP contribution in [0.1, 0.15) is 12.2 Å². The van der Waals surface area contributed by atoms with Gasteiger partial charge in [0.1, 0.15) is 0 Å². The number of hydrogen-bond donors (Lipinski definition) is 0. The van der Waals surface area contributed by atoms with Crippen molar-refractivity contribution in [1.82, 2.24) is 9.55 Å². The number of halogens is 3. The van der Waals surface area contributed by atoms with Gasteiger partial charge < -0.3 is 4.57 Å². The van der Waals surface area contributed by atoms with Gasteiger partial charge in [-0.05, 0) is 18.6 Å². The first kappa shape index (κ1) is 11.7. The SMILES string of the molecule is C=CCCn1c(C(F)(F)F)nc2ccccc21. The lowest BCUT2D eigenvalue weighted by Crippen LogP contribution is -2.14. The third kappa shape index (κ3) is 2.18. The first-order chi connectivity index (χ1) is 8.04. The molecule has 0 amide bonds. The van der Waals surface area contributed by atoms with E-state index in [0.29, 0.717) is 17.5 Å². The van der Waals surface area contributed by atoms with E-state index >= 15 is 0 Å². The van der Waals surface area contributed by atoms with Crippen LogP contribution in [0.5, 0.6) is 0 Å². The fraction of sp³-hybridized carbons (Fsp3) is 0.250. The van der Waals surface area contributed by atoms with Gasteiger partial charge in [0.05, 0.1) is 11.0 Å². The second kappa shape index (κ2) is 4.24. The van der Waals surface area contributed by atoms with Crippen LogP contribution < -0.4 is 0 Å². The topological polar surface area (TPSA) is 17.8 Å². The number of rotatable bonds is 3. The van der Waals surface area contributed by atoms with Gasteiger partial charge in [0.2, 0.25) is 5.82 Å². The van der Waals surface area contributed by atoms with Crippen LogP contribution in [0.3, 0.4) is 0 Å². The Kier molecular flexibility index (Phi) is 2.92. The summed E-state index contributed by atoms with van der Waals surface area (Å²) in [4.78, 5) is 3.64. The lowest BCUT2D eigenvalue weighted by atomic mass is 10.3. The average molecular weight is 240 g/mol. The van der Waals surface area contributed by atoms with E-state index in [1.54, 1.807) is 30.3 Å². The summed E-state index contributed by atoms with van der Waals surface area (Å²) in [5, 5.41) is 0. The molecular weight excluding hydrogens is 229 g/mol. The van der Waals surface area contributed by atoms with Crippen LogP contribution >= 0.6 is 0 Å². The highest BCUT2D eigenvalue weighted by Gasteiger charge is 2.37. The number of benzene rings is 1. The Morgan fingerprint density at radius 1 is 1.29 bits per heavy atom. The molecule has 0 unspecified atom stereocenters. The van der Waals surface area contributed by atoms with E-state index in [0.717, 1.165) is 0 Å². The Labute approximate surface area is 96.4 Å². The second-order valence-corrected chi connectivity index (χ2v) is 3.65. The highest BCUT2D eigenvalue weighted by atomic mass is 19.4. The molecule has 0 fully saturated rings. The molecule has 1 aromatic heterocycles. The van der Waals surface area contributed by atoms with Crippen molar-refractivity contribution in [3.8, 4) is 0 Å². The number of imidazole rings is 1. The number of fused-ring (bicyclic) bond motifs is 1. The van der Waals surface area contributed by atoms with Gasteiger partial charge in [0.15, 0.2) is 0 Å². The van der Waals surface area contributed by atoms with Crippen molar-refractivity contribution in [3.63, 3.8) is 0 Å². The Bertz CT molecular complexity index is 540. The summed E-state index contributed by atoms with van der Waals surface area (Å²) in [5.74, 6) is -0.847. The van der Waals surface area contributed by atoms with E-state index in [2.05, 4.69) is 11.6 Å². The van der Waals surface area contributed by atoms with Crippen molar-refractivity contribution in [1.29, 1.82) is 0 Å². The molecule has 0 N–H and O–H groups in total. The largest absolute Gasteiger partial charge is 0.449 e. The maximum absolute atomic E-state index is 12.8. The first-order valence-corrected chi connectivity index (χ1v) is 5.17. The Morgan fingerprint density at radius 3 is 2.65 bits per heavy atom. The summed E-state index contributed by atoms with van der Waals surface area (Å²) in [7, 11) is 0. The third-order valence-corrected chi connectivity index (χ3v) is 2.46. The molecule has 5 heteroatoms. The molecule has 0 bridgehead atoms. The number of aromatic nitrogens is 2. The summed E-state index contributed by atoms with van der Waals surface area (Å²) in [5.41, 5.74) is 0.866. The molecule has 17 heavy (non-hydrogen) atoms. The smallest absolute Gasteiger partial charge is 0.320 e. The predicted molar refractivity (Wildman–Crippen MR) is 59.5 cm³/mol. The normalized spacial score (nSPS) is 11.9. The molecular formula is C12H11F3N2. The van der Waals surface area contributed by atoms with Crippen molar-refractivity contribution >= 4 is 11.0 Å². The summed E-state index contributed by atoms with van der Waals surface area (Å²) in [6, 6.07) is 6.59. The average Bonchev–Trinajstić information content (AvgIpc) is 2.65. The number of alkyl halides is 3. The molecule has 90 valence electrons. The summed E-state index contributed by atoms with van der Waals surface area (Å²) in [6.45, 7) is 3.75. The fourth-order valence-electron chi connectivity index (χ4n) is 1.74. The minimum atomic E-state index is -4.43. The zero-order chi connectivity index (χ0) is 12.5. The molecule has 1 heterocycles. The number of nitrogens with zero attached hydrogens (tertiary/aromatic N) is 2. The van der Waals surface area contributed by atoms with Crippen LogP contribution in [0.25, 0.3) is 11.0 Å². The summed E-state index contributed by atoms with van der Waals surface area (Å²) < 4.78 is 39.6. The number of hydrogen-bond acceptors (Lipinski definition) is 1. The Morgan fingerprint density at radius 2 is 2.00 bits per heavy atom. The minimum Gasteiger partial charge on any atom is -0.320 e. The first-order valence-electron chi connectivity index (χ1n) is 5.17. The maximum Gasteiger partial charge on any atom is 0.449 e. The predicted octanol–water partition coefficient (Wildman–Crippen LogP) is 3.63. The summed E-state index contributed by atoms with van der Waals surface area (Å²) in [6.07, 6.45) is -2.36. The molecule has 1 aromatic carbocycles. The molecule has 0 aliphatic rings. The van der Waals surface area contributed by atoms with E-state index in [9.17, 15) is 13.2 Å². The third-order valence-electron chi connectivity index (χ3n) is 2.46. The van der Waals surface area contributed by atoms with E-state index < -0.39 is 12.0 Å². The van der Waals surface area contributed by atoms with Crippen molar-refractivity contribution in [3.05, 3.63) is 42.7 Å². The maximum atomic E-state index is 12.8. The van der Waals surface area contributed by atoms with Crippen LogP contribution in [-0.4, -0.2) is 9.55 Å². The highest BCUT2D eigenvalue weighted by Crippen LogP contribution is 2.31. The Hall–Kier alpha value is -1.78. The van der Waals surface area contributed by atoms with Crippen LogP contribution in [-0.2, 0) is 12.7 Å². The van der Waals surface area contributed by atoms with Gasteiger partial charge in [-0.2, -0.15) is 13.2 Å². The molecule has 0 saturated carbocycles. The second-order valence-electron chi connectivity index (χ2n) is 3.65. The lowest BCUT2D eigenvalue weighted by molar-refractivity contribution is -0.146. The molecule has 0 spiro atoms. The van der Waals surface area contributed by atoms with Gasteiger partial charge in [-0.3, -0.25) is 0 Å². The van der Waals surface area contributed by atoms with E-state index in [1.165, 1.54) is 4.57 Å². The quantitative estimate of drug-likeness (QED) is 0.749. The fourth-order valence-corrected chi connectivity index (χ4v) is 1.74. The minimum absolute atomic E-state index is 0.235. The standard InChI is InChI=1S/C12H11F3N2/c1-2-3-8-17-10-7-5-4-6-9(10)16-11(17)12(13,14)15/h2,4-7H,1,3,8H2.